The molecular formula is C20H18FN5O3. The van der Waals surface area contributed by atoms with E-state index in [2.05, 4.69) is 20.9 Å². The van der Waals surface area contributed by atoms with Gasteiger partial charge in [0.2, 0.25) is 5.91 Å². The molecule has 2 aromatic carbocycles. The van der Waals surface area contributed by atoms with Crippen LogP contribution in [0.3, 0.4) is 0 Å². The summed E-state index contributed by atoms with van der Waals surface area (Å²) in [7, 11) is 0. The number of hydrogen-bond donors (Lipinski definition) is 5. The lowest BCUT2D eigenvalue weighted by molar-refractivity contribution is -0.114. The third-order valence-electron chi connectivity index (χ3n) is 3.96. The number of nitrogens with one attached hydrogen (secondary N) is 4. The number of halogens is 1. The van der Waals surface area contributed by atoms with E-state index in [1.54, 1.807) is 36.5 Å². The molecule has 0 atom stereocenters. The van der Waals surface area contributed by atoms with Crippen LogP contribution < -0.4 is 21.7 Å². The lowest BCUT2D eigenvalue weighted by Crippen LogP contribution is -2.19. The molecule has 0 saturated carbocycles. The predicted molar refractivity (Wildman–Crippen MR) is 108 cm³/mol. The zero-order chi connectivity index (χ0) is 21.0. The van der Waals surface area contributed by atoms with E-state index in [-0.39, 0.29) is 17.3 Å². The van der Waals surface area contributed by atoms with Gasteiger partial charge in [0.1, 0.15) is 11.6 Å². The number of benzene rings is 2. The molecule has 0 fully saturated rings. The smallest absolute Gasteiger partial charge is 0.323 e. The summed E-state index contributed by atoms with van der Waals surface area (Å²) in [6.45, 7) is 1.32. The third kappa shape index (κ3) is 4.78. The summed E-state index contributed by atoms with van der Waals surface area (Å²) >= 11 is 0. The molecule has 0 saturated heterocycles. The molecule has 0 aliphatic carbocycles. The molecule has 29 heavy (non-hydrogen) atoms. The Balaban J connectivity index is 1.75. The van der Waals surface area contributed by atoms with Gasteiger partial charge in [0.25, 0.3) is 5.91 Å². The van der Waals surface area contributed by atoms with Crippen LogP contribution in [0.15, 0.2) is 54.7 Å². The Hall–Kier alpha value is -4.14. The van der Waals surface area contributed by atoms with Gasteiger partial charge in [0.15, 0.2) is 0 Å². The van der Waals surface area contributed by atoms with E-state index in [9.17, 15) is 18.8 Å². The standard InChI is InChI=1S/C20H18FN5O3/c1-11(27)24-19-17(18(22)28)16(10-23-19)12-5-7-14(8-6-12)25-20(29)26-15-4-2-3-13(21)9-15/h2-10,23H,1H3,(H2,22,28)(H,24,27)(H2,25,26,29). The van der Waals surface area contributed by atoms with E-state index in [1.165, 1.54) is 25.1 Å². The number of amides is 4. The van der Waals surface area contributed by atoms with Crippen molar-refractivity contribution < 1.29 is 18.8 Å². The van der Waals surface area contributed by atoms with Gasteiger partial charge in [0.05, 0.1) is 5.56 Å². The van der Waals surface area contributed by atoms with Crippen LogP contribution in [0.2, 0.25) is 0 Å². The highest BCUT2D eigenvalue weighted by atomic mass is 19.1. The number of carbonyl (C=O) groups excluding carboxylic acids is 3. The Bertz CT molecular complexity index is 1080. The number of nitrogens with two attached hydrogens (primary N) is 1. The molecule has 0 spiro atoms. The van der Waals surface area contributed by atoms with Gasteiger partial charge in [-0.15, -0.1) is 0 Å². The van der Waals surface area contributed by atoms with E-state index in [0.29, 0.717) is 22.5 Å². The summed E-state index contributed by atoms with van der Waals surface area (Å²) < 4.78 is 13.2. The van der Waals surface area contributed by atoms with Crippen molar-refractivity contribution in [2.45, 2.75) is 6.92 Å². The first-order valence-electron chi connectivity index (χ1n) is 8.56. The molecule has 8 nitrogen and oxygen atoms in total. The van der Waals surface area contributed by atoms with Gasteiger partial charge < -0.3 is 26.7 Å². The Kier molecular flexibility index (Phi) is 5.59. The van der Waals surface area contributed by atoms with E-state index in [1.807, 2.05) is 0 Å². The van der Waals surface area contributed by atoms with Gasteiger partial charge in [0, 0.05) is 30.1 Å². The SMILES string of the molecule is CC(=O)Nc1[nH]cc(-c2ccc(NC(=O)Nc3cccc(F)c3)cc2)c1C(N)=O. The monoisotopic (exact) mass is 395 g/mol. The number of rotatable bonds is 5. The fraction of sp³-hybridized carbons (Fsp3) is 0.0500. The summed E-state index contributed by atoms with van der Waals surface area (Å²) in [5.41, 5.74) is 7.58. The van der Waals surface area contributed by atoms with E-state index in [0.717, 1.165) is 0 Å². The number of anilines is 3. The Morgan fingerprint density at radius 3 is 2.28 bits per heavy atom. The highest BCUT2D eigenvalue weighted by Crippen LogP contribution is 2.30. The largest absolute Gasteiger partial charge is 0.365 e. The fourth-order valence-electron chi connectivity index (χ4n) is 2.77. The minimum atomic E-state index is -0.693. The van der Waals surface area contributed by atoms with Crippen molar-refractivity contribution >= 4 is 35.0 Å². The molecular weight excluding hydrogens is 377 g/mol. The van der Waals surface area contributed by atoms with Crippen LogP contribution in [0.5, 0.6) is 0 Å². The summed E-state index contributed by atoms with van der Waals surface area (Å²) in [6.07, 6.45) is 1.56. The molecule has 6 N–H and O–H groups in total. The van der Waals surface area contributed by atoms with Gasteiger partial charge in [-0.3, -0.25) is 9.59 Å². The molecule has 3 rings (SSSR count). The van der Waals surface area contributed by atoms with E-state index < -0.39 is 17.8 Å². The van der Waals surface area contributed by atoms with Crippen molar-refractivity contribution in [2.75, 3.05) is 16.0 Å². The van der Waals surface area contributed by atoms with Crippen molar-refractivity contribution in [1.29, 1.82) is 0 Å². The Morgan fingerprint density at radius 2 is 1.66 bits per heavy atom. The van der Waals surface area contributed by atoms with Crippen molar-refractivity contribution in [1.82, 2.24) is 4.98 Å². The first-order valence-corrected chi connectivity index (χ1v) is 8.56. The molecule has 0 bridgehead atoms. The van der Waals surface area contributed by atoms with Gasteiger partial charge >= 0.3 is 6.03 Å². The van der Waals surface area contributed by atoms with Gasteiger partial charge in [-0.25, -0.2) is 9.18 Å². The minimum absolute atomic E-state index is 0.157. The van der Waals surface area contributed by atoms with Crippen LogP contribution in [-0.2, 0) is 4.79 Å². The van der Waals surface area contributed by atoms with Crippen LogP contribution in [0.1, 0.15) is 17.3 Å². The quantitative estimate of drug-likeness (QED) is 0.453. The Morgan fingerprint density at radius 1 is 0.966 bits per heavy atom. The van der Waals surface area contributed by atoms with Crippen molar-refractivity contribution in [3.8, 4) is 11.1 Å². The molecule has 0 radical (unpaired) electrons. The lowest BCUT2D eigenvalue weighted by Gasteiger charge is -2.09. The number of aromatic nitrogens is 1. The maximum atomic E-state index is 13.2. The van der Waals surface area contributed by atoms with Gasteiger partial charge in [-0.05, 0) is 35.9 Å². The van der Waals surface area contributed by atoms with E-state index >= 15 is 0 Å². The molecule has 0 aliphatic heterocycles. The molecule has 1 heterocycles. The maximum absolute atomic E-state index is 13.2. The summed E-state index contributed by atoms with van der Waals surface area (Å²) in [4.78, 5) is 38.0. The zero-order valence-electron chi connectivity index (χ0n) is 15.4. The highest BCUT2D eigenvalue weighted by Gasteiger charge is 2.18. The van der Waals surface area contributed by atoms with Gasteiger partial charge in [-0.1, -0.05) is 18.2 Å². The van der Waals surface area contributed by atoms with Crippen molar-refractivity contribution in [3.05, 3.63) is 66.1 Å². The molecule has 148 valence electrons. The second kappa shape index (κ2) is 8.26. The molecule has 1 aromatic heterocycles. The summed E-state index contributed by atoms with van der Waals surface area (Å²) in [6, 6.07) is 11.6. The van der Waals surface area contributed by atoms with Gasteiger partial charge in [-0.2, -0.15) is 0 Å². The van der Waals surface area contributed by atoms with Crippen LogP contribution >= 0.6 is 0 Å². The number of H-pyrrole nitrogens is 1. The molecule has 9 heteroatoms. The topological polar surface area (TPSA) is 129 Å². The summed E-state index contributed by atoms with van der Waals surface area (Å²) in [5.74, 6) is -1.27. The van der Waals surface area contributed by atoms with Crippen LogP contribution in [0, 0.1) is 5.82 Å². The molecule has 4 amide bonds. The minimum Gasteiger partial charge on any atom is -0.365 e. The second-order valence-corrected chi connectivity index (χ2v) is 6.16. The molecule has 3 aromatic rings. The Labute approximate surface area is 165 Å². The van der Waals surface area contributed by atoms with Crippen LogP contribution in [-0.4, -0.2) is 22.8 Å². The number of hydrogen-bond acceptors (Lipinski definition) is 3. The third-order valence-corrected chi connectivity index (χ3v) is 3.96. The first-order chi connectivity index (χ1) is 13.8. The highest BCUT2D eigenvalue weighted by molar-refractivity contribution is 6.07. The lowest BCUT2D eigenvalue weighted by atomic mass is 10.0. The maximum Gasteiger partial charge on any atom is 0.323 e. The number of primary amides is 1. The van der Waals surface area contributed by atoms with Crippen LogP contribution in [0.4, 0.5) is 26.4 Å². The second-order valence-electron chi connectivity index (χ2n) is 6.16. The normalized spacial score (nSPS) is 10.3. The van der Waals surface area contributed by atoms with Crippen molar-refractivity contribution in [2.24, 2.45) is 5.73 Å². The number of carbonyl (C=O) groups is 3. The average Bonchev–Trinajstić information content (AvgIpc) is 3.05. The zero-order valence-corrected chi connectivity index (χ0v) is 15.4. The molecule has 0 unspecified atom stereocenters. The average molecular weight is 395 g/mol. The number of aromatic amines is 1. The number of urea groups is 1. The predicted octanol–water partition coefficient (Wildman–Crippen LogP) is 3.52. The van der Waals surface area contributed by atoms with Crippen LogP contribution in [0.25, 0.3) is 11.1 Å². The van der Waals surface area contributed by atoms with E-state index in [4.69, 9.17) is 5.73 Å². The first kappa shape index (κ1) is 19.6. The molecule has 0 aliphatic rings. The summed E-state index contributed by atoms with van der Waals surface area (Å²) in [5, 5.41) is 7.68. The fourth-order valence-corrected chi connectivity index (χ4v) is 2.77. The van der Waals surface area contributed by atoms with Crippen molar-refractivity contribution in [3.63, 3.8) is 0 Å².